The van der Waals surface area contributed by atoms with Crippen molar-refractivity contribution in [2.45, 2.75) is 44.2 Å². The van der Waals surface area contributed by atoms with E-state index in [2.05, 4.69) is 56.3 Å². The third kappa shape index (κ3) is 2.21. The van der Waals surface area contributed by atoms with Crippen LogP contribution < -0.4 is 0 Å². The summed E-state index contributed by atoms with van der Waals surface area (Å²) in [6.07, 6.45) is 7.89. The Bertz CT molecular complexity index is 1010. The summed E-state index contributed by atoms with van der Waals surface area (Å²) in [5.41, 5.74) is 1.57. The van der Waals surface area contributed by atoms with Crippen LogP contribution >= 0.6 is 0 Å². The standard InChI is InChI=1S/C24H25N3O2/c1-22(2)23(16-15-17-11-13-19(14-12-17)27(28)29)20-9-6-10-21(20)24(22,26-25-23)18-7-4-3-5-8-18/h3-5,7-8,11-16,20-21H,6,9-10H2,1-2H3/b16-15+/t20-,21+,23-,24+/m0/s1. The van der Waals surface area contributed by atoms with E-state index < -0.39 is 0 Å². The lowest BCUT2D eigenvalue weighted by atomic mass is 9.63. The number of benzene rings is 2. The first-order valence-corrected chi connectivity index (χ1v) is 10.4. The third-order valence-electron chi connectivity index (χ3n) is 7.79. The van der Waals surface area contributed by atoms with Crippen LogP contribution in [0, 0.1) is 27.4 Å². The van der Waals surface area contributed by atoms with Crippen molar-refractivity contribution in [3.05, 3.63) is 81.9 Å². The predicted octanol–water partition coefficient (Wildman–Crippen LogP) is 6.16. The zero-order valence-electron chi connectivity index (χ0n) is 16.8. The molecule has 29 heavy (non-hydrogen) atoms. The van der Waals surface area contributed by atoms with E-state index in [4.69, 9.17) is 10.2 Å². The molecule has 0 N–H and O–H groups in total. The van der Waals surface area contributed by atoms with Gasteiger partial charge in [-0.3, -0.25) is 10.1 Å². The highest BCUT2D eigenvalue weighted by atomic mass is 16.6. The largest absolute Gasteiger partial charge is 0.269 e. The molecule has 5 nitrogen and oxygen atoms in total. The Morgan fingerprint density at radius 2 is 1.69 bits per heavy atom. The second-order valence-electron chi connectivity index (χ2n) is 9.11. The molecule has 5 rings (SSSR count). The Hall–Kier alpha value is -2.82. The average Bonchev–Trinajstić information content (AvgIpc) is 3.34. The highest BCUT2D eigenvalue weighted by Crippen LogP contribution is 2.74. The van der Waals surface area contributed by atoms with Crippen LogP contribution in [0.3, 0.4) is 0 Å². The van der Waals surface area contributed by atoms with E-state index in [-0.39, 0.29) is 27.1 Å². The van der Waals surface area contributed by atoms with E-state index in [9.17, 15) is 10.1 Å². The fourth-order valence-corrected chi connectivity index (χ4v) is 6.40. The van der Waals surface area contributed by atoms with Crippen LogP contribution in [-0.2, 0) is 5.54 Å². The van der Waals surface area contributed by atoms with Crippen LogP contribution in [0.25, 0.3) is 6.08 Å². The number of nitro benzene ring substituents is 1. The summed E-state index contributed by atoms with van der Waals surface area (Å²) in [6, 6.07) is 17.4. The minimum absolute atomic E-state index is 0.112. The van der Waals surface area contributed by atoms with Crippen LogP contribution in [0.1, 0.15) is 44.2 Å². The number of azo groups is 1. The van der Waals surface area contributed by atoms with Crippen molar-refractivity contribution in [3.8, 4) is 0 Å². The van der Waals surface area contributed by atoms with Gasteiger partial charge in [-0.25, -0.2) is 0 Å². The summed E-state index contributed by atoms with van der Waals surface area (Å²) in [7, 11) is 0. The number of non-ortho nitro benzene ring substituents is 1. The van der Waals surface area contributed by atoms with Crippen LogP contribution in [0.4, 0.5) is 5.69 Å². The lowest BCUT2D eigenvalue weighted by Gasteiger charge is -2.40. The zero-order valence-corrected chi connectivity index (χ0v) is 16.8. The van der Waals surface area contributed by atoms with Crippen molar-refractivity contribution in [1.82, 2.24) is 0 Å². The number of hydrogen-bond donors (Lipinski definition) is 0. The lowest BCUT2D eigenvalue weighted by molar-refractivity contribution is -0.384. The molecule has 4 atom stereocenters. The zero-order chi connectivity index (χ0) is 20.3. The predicted molar refractivity (Wildman–Crippen MR) is 112 cm³/mol. The lowest BCUT2D eigenvalue weighted by Crippen LogP contribution is -2.45. The molecule has 2 bridgehead atoms. The smallest absolute Gasteiger partial charge is 0.258 e. The maximum atomic E-state index is 10.9. The molecule has 0 amide bonds. The van der Waals surface area contributed by atoms with Gasteiger partial charge < -0.3 is 0 Å². The van der Waals surface area contributed by atoms with Gasteiger partial charge in [0.05, 0.1) is 4.92 Å². The van der Waals surface area contributed by atoms with Gasteiger partial charge >= 0.3 is 0 Å². The fourth-order valence-electron chi connectivity index (χ4n) is 6.40. The van der Waals surface area contributed by atoms with Crippen LogP contribution in [0.5, 0.6) is 0 Å². The maximum absolute atomic E-state index is 10.9. The van der Waals surface area contributed by atoms with Crippen molar-refractivity contribution in [2.75, 3.05) is 0 Å². The molecule has 2 aromatic carbocycles. The van der Waals surface area contributed by atoms with Gasteiger partial charge in [-0.15, -0.1) is 0 Å². The SMILES string of the molecule is CC1(C)[C@@]2(/C=C/c3ccc([N+](=O)[O-])cc3)N=N[C@]1(c1ccccc1)[C@@H]1CCC[C@@H]12. The number of fused-ring (bicyclic) bond motifs is 5. The first-order valence-electron chi connectivity index (χ1n) is 10.4. The van der Waals surface area contributed by atoms with Crippen molar-refractivity contribution in [3.63, 3.8) is 0 Å². The molecule has 2 fully saturated rings. The Labute approximate surface area is 170 Å². The van der Waals surface area contributed by atoms with Gasteiger partial charge in [0.25, 0.3) is 5.69 Å². The normalized spacial score (nSPS) is 34.0. The van der Waals surface area contributed by atoms with E-state index in [0.717, 1.165) is 5.56 Å². The summed E-state index contributed by atoms with van der Waals surface area (Å²) >= 11 is 0. The Morgan fingerprint density at radius 1 is 1.00 bits per heavy atom. The Morgan fingerprint density at radius 3 is 2.38 bits per heavy atom. The van der Waals surface area contributed by atoms with Gasteiger partial charge in [0, 0.05) is 17.5 Å². The molecule has 148 valence electrons. The van der Waals surface area contributed by atoms with Gasteiger partial charge in [0.1, 0.15) is 11.1 Å². The summed E-state index contributed by atoms with van der Waals surface area (Å²) in [5.74, 6) is 0.975. The van der Waals surface area contributed by atoms with E-state index in [1.165, 1.54) is 24.8 Å². The molecule has 3 aliphatic rings. The average molecular weight is 387 g/mol. The molecule has 2 aliphatic carbocycles. The van der Waals surface area contributed by atoms with Crippen molar-refractivity contribution >= 4 is 11.8 Å². The van der Waals surface area contributed by atoms with Gasteiger partial charge in [-0.2, -0.15) is 10.2 Å². The second-order valence-corrected chi connectivity index (χ2v) is 9.11. The number of nitro groups is 1. The molecule has 1 aliphatic heterocycles. The van der Waals surface area contributed by atoms with Crippen LogP contribution in [-0.4, -0.2) is 10.5 Å². The first kappa shape index (κ1) is 18.2. The van der Waals surface area contributed by atoms with Crippen molar-refractivity contribution < 1.29 is 4.92 Å². The van der Waals surface area contributed by atoms with E-state index in [1.54, 1.807) is 24.3 Å². The first-order chi connectivity index (χ1) is 13.9. The van der Waals surface area contributed by atoms with E-state index in [1.807, 2.05) is 0 Å². The van der Waals surface area contributed by atoms with E-state index >= 15 is 0 Å². The summed E-state index contributed by atoms with van der Waals surface area (Å²) in [6.45, 7) is 4.64. The Balaban J connectivity index is 1.58. The molecule has 0 radical (unpaired) electrons. The highest BCUT2D eigenvalue weighted by molar-refractivity contribution is 5.56. The minimum atomic E-state index is -0.366. The van der Waals surface area contributed by atoms with Gasteiger partial charge in [0.2, 0.25) is 0 Å². The Kier molecular flexibility index (Phi) is 3.83. The topological polar surface area (TPSA) is 67.9 Å². The minimum Gasteiger partial charge on any atom is -0.258 e. The molecular weight excluding hydrogens is 362 g/mol. The number of nitrogens with zero attached hydrogens (tertiary/aromatic N) is 3. The van der Waals surface area contributed by atoms with Gasteiger partial charge in [0.15, 0.2) is 0 Å². The van der Waals surface area contributed by atoms with Crippen molar-refractivity contribution in [2.24, 2.45) is 27.5 Å². The van der Waals surface area contributed by atoms with Gasteiger partial charge in [-0.05, 0) is 47.9 Å². The molecular formula is C24H25N3O2. The molecule has 2 saturated carbocycles. The number of hydrogen-bond acceptors (Lipinski definition) is 4. The van der Waals surface area contributed by atoms with Crippen LogP contribution in [0.2, 0.25) is 0 Å². The van der Waals surface area contributed by atoms with Crippen molar-refractivity contribution in [1.29, 1.82) is 0 Å². The quantitative estimate of drug-likeness (QED) is 0.465. The summed E-state index contributed by atoms with van der Waals surface area (Å²) in [5, 5.41) is 20.9. The second kappa shape index (κ2) is 6.09. The molecule has 0 saturated heterocycles. The van der Waals surface area contributed by atoms with Gasteiger partial charge in [-0.1, -0.05) is 62.8 Å². The summed E-state index contributed by atoms with van der Waals surface area (Å²) < 4.78 is 0. The monoisotopic (exact) mass is 387 g/mol. The molecule has 5 heteroatoms. The molecule has 0 spiro atoms. The fraction of sp³-hybridized carbons (Fsp3) is 0.417. The third-order valence-corrected chi connectivity index (χ3v) is 7.79. The van der Waals surface area contributed by atoms with Crippen LogP contribution in [0.15, 0.2) is 70.9 Å². The molecule has 0 unspecified atom stereocenters. The maximum Gasteiger partial charge on any atom is 0.269 e. The molecule has 0 aromatic heterocycles. The molecule has 2 aromatic rings. The molecule has 1 heterocycles. The number of rotatable bonds is 4. The highest BCUT2D eigenvalue weighted by Gasteiger charge is 2.76. The summed E-state index contributed by atoms with van der Waals surface area (Å²) in [4.78, 5) is 10.6. The van der Waals surface area contributed by atoms with E-state index in [0.29, 0.717) is 11.8 Å².